The smallest absolute Gasteiger partial charge is 0.221 e. The second kappa shape index (κ2) is 7.08. The van der Waals surface area contributed by atoms with E-state index in [1.165, 1.54) is 6.92 Å². The van der Waals surface area contributed by atoms with Gasteiger partial charge in [0.1, 0.15) is 11.8 Å². The molecule has 2 aromatic carbocycles. The molecular weight excluding hydrogens is 326 g/mol. The van der Waals surface area contributed by atoms with Crippen LogP contribution in [0.15, 0.2) is 60.7 Å². The van der Waals surface area contributed by atoms with Crippen molar-refractivity contribution in [3.8, 4) is 11.8 Å². The number of rotatable bonds is 4. The van der Waals surface area contributed by atoms with Crippen LogP contribution < -0.4 is 5.32 Å². The second-order valence-corrected chi connectivity index (χ2v) is 5.84. The summed E-state index contributed by atoms with van der Waals surface area (Å²) in [6.07, 6.45) is 0. The molecule has 0 unspecified atom stereocenters. The second-order valence-electron chi connectivity index (χ2n) is 5.84. The minimum absolute atomic E-state index is 0.246. The molecule has 1 amide bonds. The first kappa shape index (κ1) is 17.2. The molecular formula is C21H17N3O2. The van der Waals surface area contributed by atoms with Crippen LogP contribution in [0.5, 0.6) is 0 Å². The molecule has 3 rings (SSSR count). The van der Waals surface area contributed by atoms with Gasteiger partial charge in [-0.2, -0.15) is 5.26 Å². The van der Waals surface area contributed by atoms with Gasteiger partial charge < -0.3 is 9.88 Å². The summed E-state index contributed by atoms with van der Waals surface area (Å²) in [5.74, 6) is -0.600. The summed E-state index contributed by atoms with van der Waals surface area (Å²) in [5, 5.41) is 12.3. The highest BCUT2D eigenvalue weighted by Crippen LogP contribution is 2.32. The van der Waals surface area contributed by atoms with Crippen molar-refractivity contribution < 1.29 is 9.59 Å². The van der Waals surface area contributed by atoms with Crippen molar-refractivity contribution in [2.75, 3.05) is 5.32 Å². The van der Waals surface area contributed by atoms with E-state index in [4.69, 9.17) is 0 Å². The first-order valence-corrected chi connectivity index (χ1v) is 8.12. The van der Waals surface area contributed by atoms with Crippen molar-refractivity contribution >= 4 is 17.4 Å². The Kier molecular flexibility index (Phi) is 4.68. The summed E-state index contributed by atoms with van der Waals surface area (Å²) < 4.78 is 1.72. The maximum Gasteiger partial charge on any atom is 0.221 e. The number of nitrogens with one attached hydrogen (secondary N) is 1. The molecule has 0 saturated heterocycles. The van der Waals surface area contributed by atoms with E-state index in [-0.39, 0.29) is 28.6 Å². The van der Waals surface area contributed by atoms with Crippen molar-refractivity contribution in [3.05, 3.63) is 83.2 Å². The Labute approximate surface area is 151 Å². The Morgan fingerprint density at radius 3 is 2.12 bits per heavy atom. The largest absolute Gasteiger partial charge is 0.323 e. The van der Waals surface area contributed by atoms with Gasteiger partial charge in [0, 0.05) is 23.9 Å². The van der Waals surface area contributed by atoms with Crippen LogP contribution in [0.4, 0.5) is 5.69 Å². The van der Waals surface area contributed by atoms with Crippen LogP contribution in [0.3, 0.4) is 0 Å². The Morgan fingerprint density at radius 1 is 1.00 bits per heavy atom. The average Bonchev–Trinajstić information content (AvgIpc) is 2.93. The summed E-state index contributed by atoms with van der Waals surface area (Å²) in [7, 11) is 0. The molecule has 128 valence electrons. The molecule has 0 bridgehead atoms. The lowest BCUT2D eigenvalue weighted by Crippen LogP contribution is -2.14. The van der Waals surface area contributed by atoms with Gasteiger partial charge in [-0.05, 0) is 19.1 Å². The van der Waals surface area contributed by atoms with E-state index in [1.807, 2.05) is 36.4 Å². The molecule has 5 heteroatoms. The summed E-state index contributed by atoms with van der Waals surface area (Å²) >= 11 is 0. The molecule has 0 radical (unpaired) electrons. The van der Waals surface area contributed by atoms with E-state index in [1.54, 1.807) is 35.8 Å². The van der Waals surface area contributed by atoms with Crippen LogP contribution in [0.25, 0.3) is 5.69 Å². The van der Waals surface area contributed by atoms with Crippen molar-refractivity contribution in [3.63, 3.8) is 0 Å². The molecule has 0 spiro atoms. The van der Waals surface area contributed by atoms with Crippen LogP contribution in [-0.2, 0) is 4.79 Å². The minimum Gasteiger partial charge on any atom is -0.323 e. The van der Waals surface area contributed by atoms with Crippen LogP contribution in [-0.4, -0.2) is 16.3 Å². The van der Waals surface area contributed by atoms with Gasteiger partial charge in [-0.25, -0.2) is 0 Å². The Bertz CT molecular complexity index is 1010. The fraction of sp³-hybridized carbons (Fsp3) is 0.0952. The van der Waals surface area contributed by atoms with E-state index < -0.39 is 0 Å². The third-order valence-electron chi connectivity index (χ3n) is 4.09. The van der Waals surface area contributed by atoms with Crippen LogP contribution in [0, 0.1) is 18.3 Å². The maximum absolute atomic E-state index is 13.2. The number of carbonyl (C=O) groups is 2. The van der Waals surface area contributed by atoms with Gasteiger partial charge in [0.15, 0.2) is 0 Å². The van der Waals surface area contributed by atoms with Gasteiger partial charge in [-0.3, -0.25) is 9.59 Å². The molecule has 0 aliphatic carbocycles. The Balaban J connectivity index is 2.34. The fourth-order valence-corrected chi connectivity index (χ4v) is 2.97. The van der Waals surface area contributed by atoms with Crippen LogP contribution in [0.1, 0.15) is 34.2 Å². The number of para-hydroxylation sites is 1. The zero-order chi connectivity index (χ0) is 18.7. The number of carbonyl (C=O) groups excluding carboxylic acids is 2. The number of nitrogens with zero attached hydrogens (tertiary/aromatic N) is 2. The average molecular weight is 343 g/mol. The van der Waals surface area contributed by atoms with Crippen LogP contribution in [0.2, 0.25) is 0 Å². The molecule has 0 saturated carbocycles. The van der Waals surface area contributed by atoms with Gasteiger partial charge in [0.2, 0.25) is 11.7 Å². The number of nitriles is 1. The minimum atomic E-state index is -0.339. The van der Waals surface area contributed by atoms with Crippen molar-refractivity contribution in [1.82, 2.24) is 4.57 Å². The third-order valence-corrected chi connectivity index (χ3v) is 4.09. The normalized spacial score (nSPS) is 10.2. The van der Waals surface area contributed by atoms with Gasteiger partial charge in [-0.15, -0.1) is 0 Å². The van der Waals surface area contributed by atoms with Crippen molar-refractivity contribution in [1.29, 1.82) is 5.26 Å². The maximum atomic E-state index is 13.2. The lowest BCUT2D eigenvalue weighted by molar-refractivity contribution is -0.114. The number of hydrogen-bond acceptors (Lipinski definition) is 3. The van der Waals surface area contributed by atoms with E-state index in [0.29, 0.717) is 11.3 Å². The van der Waals surface area contributed by atoms with Gasteiger partial charge in [-0.1, -0.05) is 48.5 Å². The monoisotopic (exact) mass is 343 g/mol. The quantitative estimate of drug-likeness (QED) is 0.731. The number of aromatic nitrogens is 1. The first-order valence-electron chi connectivity index (χ1n) is 8.12. The molecule has 0 fully saturated rings. The molecule has 0 aliphatic heterocycles. The number of hydrogen-bond donors (Lipinski definition) is 1. The standard InChI is InChI=1S/C21H17N3O2/c1-14-18(13-22)19(23-15(2)25)20(21(26)16-9-5-3-6-10-16)24(14)17-11-7-4-8-12-17/h3-12H,1-2H3,(H,23,25). The predicted molar refractivity (Wildman–Crippen MR) is 99.4 cm³/mol. The number of ketones is 1. The topological polar surface area (TPSA) is 74.9 Å². The molecule has 1 heterocycles. The fourth-order valence-electron chi connectivity index (χ4n) is 2.97. The number of benzene rings is 2. The van der Waals surface area contributed by atoms with E-state index in [2.05, 4.69) is 11.4 Å². The van der Waals surface area contributed by atoms with Crippen LogP contribution >= 0.6 is 0 Å². The third kappa shape index (κ3) is 3.01. The molecule has 1 aromatic heterocycles. The lowest BCUT2D eigenvalue weighted by Gasteiger charge is -2.12. The first-order chi connectivity index (χ1) is 12.5. The van der Waals surface area contributed by atoms with E-state index in [9.17, 15) is 14.9 Å². The van der Waals surface area contributed by atoms with E-state index >= 15 is 0 Å². The lowest BCUT2D eigenvalue weighted by atomic mass is 10.1. The number of anilines is 1. The zero-order valence-electron chi connectivity index (χ0n) is 14.5. The zero-order valence-corrected chi connectivity index (χ0v) is 14.5. The summed E-state index contributed by atoms with van der Waals surface area (Å²) in [5.41, 5.74) is 2.63. The highest BCUT2D eigenvalue weighted by Gasteiger charge is 2.27. The molecule has 0 atom stereocenters. The van der Waals surface area contributed by atoms with Crippen molar-refractivity contribution in [2.24, 2.45) is 0 Å². The molecule has 26 heavy (non-hydrogen) atoms. The number of amides is 1. The predicted octanol–water partition coefficient (Wildman–Crippen LogP) is 3.85. The van der Waals surface area contributed by atoms with E-state index in [0.717, 1.165) is 5.69 Å². The highest BCUT2D eigenvalue weighted by atomic mass is 16.1. The molecule has 5 nitrogen and oxygen atoms in total. The Hall–Kier alpha value is -3.65. The summed E-state index contributed by atoms with van der Waals surface area (Å²) in [6, 6.07) is 20.2. The summed E-state index contributed by atoms with van der Waals surface area (Å²) in [6.45, 7) is 3.12. The SMILES string of the molecule is CC(=O)Nc1c(C#N)c(C)n(-c2ccccc2)c1C(=O)c1ccccc1. The van der Waals surface area contributed by atoms with Crippen molar-refractivity contribution in [2.45, 2.75) is 13.8 Å². The van der Waals surface area contributed by atoms with Gasteiger partial charge in [0.25, 0.3) is 0 Å². The Morgan fingerprint density at radius 2 is 1.58 bits per heavy atom. The molecule has 3 aromatic rings. The van der Waals surface area contributed by atoms with Gasteiger partial charge in [0.05, 0.1) is 11.3 Å². The molecule has 0 aliphatic rings. The summed E-state index contributed by atoms with van der Waals surface area (Å²) in [4.78, 5) is 25.0. The molecule has 1 N–H and O–H groups in total. The highest BCUT2D eigenvalue weighted by molar-refractivity contribution is 6.14. The van der Waals surface area contributed by atoms with Gasteiger partial charge >= 0.3 is 0 Å².